The molecule has 2 aromatic carbocycles. The minimum absolute atomic E-state index is 0.213. The molecule has 0 bridgehead atoms. The van der Waals surface area contributed by atoms with Gasteiger partial charge < -0.3 is 10.7 Å². The molecule has 0 saturated carbocycles. The van der Waals surface area contributed by atoms with E-state index in [1.165, 1.54) is 0 Å². The molecule has 0 fully saturated rings. The summed E-state index contributed by atoms with van der Waals surface area (Å²) < 4.78 is 0. The molecule has 0 aliphatic rings. The minimum atomic E-state index is -0.213. The Kier molecular flexibility index (Phi) is 2.82. The second kappa shape index (κ2) is 4.48. The first kappa shape index (κ1) is 11.3. The molecule has 0 aliphatic heterocycles. The van der Waals surface area contributed by atoms with E-state index in [-0.39, 0.29) is 6.04 Å². The Morgan fingerprint density at radius 2 is 1.67 bits per heavy atom. The lowest BCUT2D eigenvalue weighted by molar-refractivity contribution is 0.880. The molecule has 1 heterocycles. The van der Waals surface area contributed by atoms with E-state index in [9.17, 15) is 0 Å². The van der Waals surface area contributed by atoms with Crippen LogP contribution in [0.4, 0.5) is 0 Å². The van der Waals surface area contributed by atoms with E-state index in [1.807, 2.05) is 48.7 Å². The fraction of sp³-hybridized carbons (Fsp3) is 0.0667. The van der Waals surface area contributed by atoms with E-state index in [1.54, 1.807) is 0 Å². The predicted molar refractivity (Wildman–Crippen MR) is 75.8 cm³/mol. The van der Waals surface area contributed by atoms with Crippen molar-refractivity contribution in [1.29, 1.82) is 0 Å². The van der Waals surface area contributed by atoms with Gasteiger partial charge in [0.05, 0.1) is 6.04 Å². The molecule has 1 atom stereocenters. The van der Waals surface area contributed by atoms with Crippen molar-refractivity contribution in [3.05, 3.63) is 70.9 Å². The zero-order valence-electron chi connectivity index (χ0n) is 9.73. The molecule has 3 aromatic rings. The summed E-state index contributed by atoms with van der Waals surface area (Å²) in [6, 6.07) is 15.6. The van der Waals surface area contributed by atoms with Gasteiger partial charge in [0.25, 0.3) is 0 Å². The van der Waals surface area contributed by atoms with E-state index in [0.717, 1.165) is 22.0 Å². The van der Waals surface area contributed by atoms with Crippen molar-refractivity contribution in [3.63, 3.8) is 0 Å². The van der Waals surface area contributed by atoms with Crippen molar-refractivity contribution < 1.29 is 0 Å². The molecule has 90 valence electrons. The highest BCUT2D eigenvalue weighted by Crippen LogP contribution is 2.30. The summed E-state index contributed by atoms with van der Waals surface area (Å²) in [5, 5.41) is 1.85. The molecular weight excluding hydrogens is 244 g/mol. The fourth-order valence-corrected chi connectivity index (χ4v) is 2.50. The number of aromatic amines is 1. The summed E-state index contributed by atoms with van der Waals surface area (Å²) >= 11 is 6.20. The third-order valence-electron chi connectivity index (χ3n) is 3.20. The van der Waals surface area contributed by atoms with Gasteiger partial charge in [0.15, 0.2) is 0 Å². The number of fused-ring (bicyclic) bond motifs is 1. The van der Waals surface area contributed by atoms with Crippen molar-refractivity contribution in [2.24, 2.45) is 5.73 Å². The number of hydrogen-bond acceptors (Lipinski definition) is 1. The lowest BCUT2D eigenvalue weighted by Crippen LogP contribution is -2.11. The molecule has 0 spiro atoms. The smallest absolute Gasteiger partial charge is 0.0587 e. The van der Waals surface area contributed by atoms with E-state index in [0.29, 0.717) is 5.02 Å². The van der Waals surface area contributed by atoms with Gasteiger partial charge in [-0.05, 0) is 23.3 Å². The van der Waals surface area contributed by atoms with Crippen molar-refractivity contribution in [2.75, 3.05) is 0 Å². The van der Waals surface area contributed by atoms with Crippen LogP contribution in [-0.2, 0) is 0 Å². The van der Waals surface area contributed by atoms with E-state index >= 15 is 0 Å². The Labute approximate surface area is 110 Å². The average molecular weight is 257 g/mol. The lowest BCUT2D eigenvalue weighted by Gasteiger charge is -2.13. The molecule has 18 heavy (non-hydrogen) atoms. The first-order chi connectivity index (χ1) is 8.77. The van der Waals surface area contributed by atoms with Gasteiger partial charge in [-0.25, -0.2) is 0 Å². The van der Waals surface area contributed by atoms with Crippen LogP contribution in [0.2, 0.25) is 5.02 Å². The van der Waals surface area contributed by atoms with E-state index in [2.05, 4.69) is 11.1 Å². The summed E-state index contributed by atoms with van der Waals surface area (Å²) in [5.41, 5.74) is 9.43. The number of rotatable bonds is 2. The number of para-hydroxylation sites is 1. The van der Waals surface area contributed by atoms with Gasteiger partial charge in [0.2, 0.25) is 0 Å². The topological polar surface area (TPSA) is 41.8 Å². The second-order valence-corrected chi connectivity index (χ2v) is 4.70. The average Bonchev–Trinajstić information content (AvgIpc) is 2.82. The van der Waals surface area contributed by atoms with Crippen LogP contribution in [0.5, 0.6) is 0 Å². The van der Waals surface area contributed by atoms with E-state index < -0.39 is 0 Å². The third-order valence-corrected chi connectivity index (χ3v) is 3.54. The first-order valence-electron chi connectivity index (χ1n) is 5.83. The highest BCUT2D eigenvalue weighted by Gasteiger charge is 2.15. The van der Waals surface area contributed by atoms with Crippen LogP contribution in [0.25, 0.3) is 10.9 Å². The SMILES string of the molecule is NC(c1ccccc1Cl)c1c[nH]c2ccccc12. The molecule has 0 saturated heterocycles. The number of nitrogens with two attached hydrogens (primary N) is 1. The van der Waals surface area contributed by atoms with Crippen molar-refractivity contribution in [3.8, 4) is 0 Å². The Bertz CT molecular complexity index is 688. The molecule has 1 aromatic heterocycles. The number of H-pyrrole nitrogens is 1. The highest BCUT2D eigenvalue weighted by molar-refractivity contribution is 6.31. The number of aromatic nitrogens is 1. The number of nitrogens with one attached hydrogen (secondary N) is 1. The zero-order valence-corrected chi connectivity index (χ0v) is 10.5. The second-order valence-electron chi connectivity index (χ2n) is 4.29. The third kappa shape index (κ3) is 1.80. The van der Waals surface area contributed by atoms with Crippen LogP contribution in [0.1, 0.15) is 17.2 Å². The quantitative estimate of drug-likeness (QED) is 0.718. The monoisotopic (exact) mass is 256 g/mol. The van der Waals surface area contributed by atoms with Crippen LogP contribution < -0.4 is 5.73 Å². The number of halogens is 1. The standard InChI is InChI=1S/C15H13ClN2/c16-13-7-3-1-6-11(13)15(17)12-9-18-14-8-4-2-5-10(12)14/h1-9,15,18H,17H2. The maximum absolute atomic E-state index is 6.32. The summed E-state index contributed by atoms with van der Waals surface area (Å²) in [6.07, 6.45) is 1.96. The molecule has 3 N–H and O–H groups in total. The van der Waals surface area contributed by atoms with Crippen LogP contribution in [0.3, 0.4) is 0 Å². The maximum Gasteiger partial charge on any atom is 0.0587 e. The van der Waals surface area contributed by atoms with Gasteiger partial charge in [-0.3, -0.25) is 0 Å². The molecule has 2 nitrogen and oxygen atoms in total. The maximum atomic E-state index is 6.32. The molecule has 0 amide bonds. The molecule has 0 aliphatic carbocycles. The van der Waals surface area contributed by atoms with Gasteiger partial charge in [0.1, 0.15) is 0 Å². The largest absolute Gasteiger partial charge is 0.361 e. The molecule has 1 unspecified atom stereocenters. The van der Waals surface area contributed by atoms with Gasteiger partial charge in [-0.1, -0.05) is 48.0 Å². The van der Waals surface area contributed by atoms with Crippen LogP contribution >= 0.6 is 11.6 Å². The summed E-state index contributed by atoms with van der Waals surface area (Å²) in [5.74, 6) is 0. The van der Waals surface area contributed by atoms with Crippen molar-refractivity contribution in [2.45, 2.75) is 6.04 Å². The summed E-state index contributed by atoms with van der Waals surface area (Å²) in [4.78, 5) is 3.24. The Morgan fingerprint density at radius 3 is 2.50 bits per heavy atom. The van der Waals surface area contributed by atoms with Gasteiger partial charge in [-0.15, -0.1) is 0 Å². The summed E-state index contributed by atoms with van der Waals surface area (Å²) in [7, 11) is 0. The van der Waals surface area contributed by atoms with Crippen LogP contribution in [0.15, 0.2) is 54.7 Å². The summed E-state index contributed by atoms with van der Waals surface area (Å²) in [6.45, 7) is 0. The zero-order chi connectivity index (χ0) is 12.5. The first-order valence-corrected chi connectivity index (χ1v) is 6.21. The molecular formula is C15H13ClN2. The Morgan fingerprint density at radius 1 is 0.944 bits per heavy atom. The van der Waals surface area contributed by atoms with Gasteiger partial charge in [-0.2, -0.15) is 0 Å². The van der Waals surface area contributed by atoms with Crippen molar-refractivity contribution in [1.82, 2.24) is 4.98 Å². The van der Waals surface area contributed by atoms with Gasteiger partial charge in [0, 0.05) is 22.1 Å². The van der Waals surface area contributed by atoms with Crippen LogP contribution in [-0.4, -0.2) is 4.98 Å². The molecule has 3 rings (SSSR count). The lowest BCUT2D eigenvalue weighted by atomic mass is 9.99. The molecule has 0 radical (unpaired) electrons. The fourth-order valence-electron chi connectivity index (χ4n) is 2.25. The Hall–Kier alpha value is -1.77. The predicted octanol–water partition coefficient (Wildman–Crippen LogP) is 3.87. The van der Waals surface area contributed by atoms with Crippen molar-refractivity contribution >= 4 is 22.5 Å². The van der Waals surface area contributed by atoms with Crippen LogP contribution in [0, 0.1) is 0 Å². The normalized spacial score (nSPS) is 12.8. The van der Waals surface area contributed by atoms with E-state index in [4.69, 9.17) is 17.3 Å². The minimum Gasteiger partial charge on any atom is -0.361 e. The number of benzene rings is 2. The number of hydrogen-bond donors (Lipinski definition) is 2. The molecule has 3 heteroatoms. The highest BCUT2D eigenvalue weighted by atomic mass is 35.5. The van der Waals surface area contributed by atoms with Gasteiger partial charge >= 0.3 is 0 Å². The Balaban J connectivity index is 2.13.